The highest BCUT2D eigenvalue weighted by Crippen LogP contribution is 2.29. The molecule has 1 N–H and O–H groups in total. The molecule has 0 spiro atoms. The van der Waals surface area contributed by atoms with Crippen molar-refractivity contribution in [3.63, 3.8) is 0 Å². The molecule has 3 heteroatoms. The molecule has 0 bridgehead atoms. The fourth-order valence-corrected chi connectivity index (χ4v) is 2.67. The zero-order valence-electron chi connectivity index (χ0n) is 13.2. The van der Waals surface area contributed by atoms with E-state index in [2.05, 4.69) is 49.3 Å². The standard InChI is InChI=1S/C16H29N3/c1-6-10-17-16(13(7-2)8-3)14-11-12(5)18-19-15(14)9-4/h11,13,16-17H,6-10H2,1-5H3. The van der Waals surface area contributed by atoms with Crippen LogP contribution in [0.5, 0.6) is 0 Å². The van der Waals surface area contributed by atoms with Crippen LogP contribution in [0.25, 0.3) is 0 Å². The summed E-state index contributed by atoms with van der Waals surface area (Å²) in [6.45, 7) is 12.0. The van der Waals surface area contributed by atoms with Crippen LogP contribution in [0.1, 0.15) is 70.0 Å². The molecule has 1 aromatic rings. The summed E-state index contributed by atoms with van der Waals surface area (Å²) in [5.74, 6) is 0.667. The monoisotopic (exact) mass is 263 g/mol. The zero-order valence-corrected chi connectivity index (χ0v) is 13.2. The molecule has 0 radical (unpaired) electrons. The Bertz CT molecular complexity index is 372. The average Bonchev–Trinajstić information content (AvgIpc) is 2.43. The molecule has 19 heavy (non-hydrogen) atoms. The molecule has 0 aromatic carbocycles. The summed E-state index contributed by atoms with van der Waals surface area (Å²) >= 11 is 0. The maximum atomic E-state index is 4.39. The largest absolute Gasteiger partial charge is 0.310 e. The van der Waals surface area contributed by atoms with E-state index in [1.165, 1.54) is 18.4 Å². The highest BCUT2D eigenvalue weighted by molar-refractivity contribution is 5.25. The molecule has 1 heterocycles. The molecule has 0 amide bonds. The third-order valence-electron chi connectivity index (χ3n) is 3.83. The number of hydrogen-bond donors (Lipinski definition) is 1. The van der Waals surface area contributed by atoms with Crippen LogP contribution < -0.4 is 5.32 Å². The summed E-state index contributed by atoms with van der Waals surface area (Å²) in [6, 6.07) is 2.64. The fraction of sp³-hybridized carbons (Fsp3) is 0.750. The molecule has 0 aliphatic carbocycles. The van der Waals surface area contributed by atoms with Crippen molar-refractivity contribution in [2.24, 2.45) is 5.92 Å². The first kappa shape index (κ1) is 16.1. The van der Waals surface area contributed by atoms with E-state index in [-0.39, 0.29) is 0 Å². The van der Waals surface area contributed by atoms with E-state index >= 15 is 0 Å². The van der Waals surface area contributed by atoms with Crippen molar-refractivity contribution >= 4 is 0 Å². The van der Waals surface area contributed by atoms with Gasteiger partial charge in [-0.25, -0.2) is 0 Å². The first-order chi connectivity index (χ1) is 9.17. The number of aryl methyl sites for hydroxylation is 2. The van der Waals surface area contributed by atoms with Crippen molar-refractivity contribution in [2.75, 3.05) is 6.54 Å². The van der Waals surface area contributed by atoms with E-state index in [4.69, 9.17) is 0 Å². The number of rotatable bonds is 8. The molecule has 0 aliphatic rings. The quantitative estimate of drug-likeness (QED) is 0.774. The van der Waals surface area contributed by atoms with Crippen LogP contribution in [0.2, 0.25) is 0 Å². The van der Waals surface area contributed by atoms with Gasteiger partial charge in [0.15, 0.2) is 0 Å². The maximum absolute atomic E-state index is 4.39. The highest BCUT2D eigenvalue weighted by atomic mass is 15.1. The Balaban J connectivity index is 3.10. The predicted molar refractivity (Wildman–Crippen MR) is 81.3 cm³/mol. The third-order valence-corrected chi connectivity index (χ3v) is 3.83. The summed E-state index contributed by atoms with van der Waals surface area (Å²) in [4.78, 5) is 0. The van der Waals surface area contributed by atoms with E-state index in [9.17, 15) is 0 Å². The Morgan fingerprint density at radius 1 is 1.11 bits per heavy atom. The normalized spacial score (nSPS) is 12.9. The van der Waals surface area contributed by atoms with Gasteiger partial charge in [0.1, 0.15) is 0 Å². The van der Waals surface area contributed by atoms with Gasteiger partial charge in [0, 0.05) is 6.04 Å². The second-order valence-electron chi connectivity index (χ2n) is 5.25. The lowest BCUT2D eigenvalue weighted by molar-refractivity contribution is 0.338. The average molecular weight is 263 g/mol. The lowest BCUT2D eigenvalue weighted by Crippen LogP contribution is -2.30. The molecule has 0 saturated carbocycles. The van der Waals surface area contributed by atoms with Gasteiger partial charge in [-0.05, 0) is 43.9 Å². The second-order valence-corrected chi connectivity index (χ2v) is 5.25. The Kier molecular flexibility index (Phi) is 7.00. The van der Waals surface area contributed by atoms with Crippen LogP contribution in [0.3, 0.4) is 0 Å². The maximum Gasteiger partial charge on any atom is 0.0676 e. The van der Waals surface area contributed by atoms with E-state index in [0.717, 1.165) is 30.8 Å². The van der Waals surface area contributed by atoms with Crippen molar-refractivity contribution in [2.45, 2.75) is 66.3 Å². The van der Waals surface area contributed by atoms with Gasteiger partial charge < -0.3 is 5.32 Å². The Morgan fingerprint density at radius 3 is 2.32 bits per heavy atom. The minimum absolute atomic E-state index is 0.416. The van der Waals surface area contributed by atoms with E-state index in [0.29, 0.717) is 12.0 Å². The molecule has 108 valence electrons. The van der Waals surface area contributed by atoms with Gasteiger partial charge in [-0.3, -0.25) is 0 Å². The van der Waals surface area contributed by atoms with Gasteiger partial charge in [0.25, 0.3) is 0 Å². The first-order valence-corrected chi connectivity index (χ1v) is 7.74. The van der Waals surface area contributed by atoms with Crippen LogP contribution >= 0.6 is 0 Å². The van der Waals surface area contributed by atoms with Gasteiger partial charge in [0.2, 0.25) is 0 Å². The zero-order chi connectivity index (χ0) is 14.3. The number of nitrogens with zero attached hydrogens (tertiary/aromatic N) is 2. The first-order valence-electron chi connectivity index (χ1n) is 7.74. The molecule has 0 saturated heterocycles. The summed E-state index contributed by atoms with van der Waals surface area (Å²) in [6.07, 6.45) is 4.51. The molecule has 0 fully saturated rings. The van der Waals surface area contributed by atoms with Crippen molar-refractivity contribution in [3.05, 3.63) is 23.0 Å². The number of aromatic nitrogens is 2. The van der Waals surface area contributed by atoms with Crippen LogP contribution in [-0.2, 0) is 6.42 Å². The Morgan fingerprint density at radius 2 is 1.79 bits per heavy atom. The summed E-state index contributed by atoms with van der Waals surface area (Å²) in [7, 11) is 0. The van der Waals surface area contributed by atoms with E-state index in [1.807, 2.05) is 6.92 Å². The molecule has 1 aromatic heterocycles. The SMILES string of the molecule is CCCNC(c1cc(C)nnc1CC)C(CC)CC. The van der Waals surface area contributed by atoms with Gasteiger partial charge >= 0.3 is 0 Å². The number of nitrogens with one attached hydrogen (secondary N) is 1. The van der Waals surface area contributed by atoms with Crippen molar-refractivity contribution in [1.29, 1.82) is 0 Å². The topological polar surface area (TPSA) is 37.8 Å². The Hall–Kier alpha value is -0.960. The summed E-state index contributed by atoms with van der Waals surface area (Å²) in [5.41, 5.74) is 3.52. The molecular formula is C16H29N3. The van der Waals surface area contributed by atoms with Crippen LogP contribution in [0.4, 0.5) is 0 Å². The van der Waals surface area contributed by atoms with Gasteiger partial charge in [0.05, 0.1) is 11.4 Å². The third kappa shape index (κ3) is 4.27. The minimum atomic E-state index is 0.416. The number of hydrogen-bond acceptors (Lipinski definition) is 3. The molecule has 1 atom stereocenters. The molecular weight excluding hydrogens is 234 g/mol. The van der Waals surface area contributed by atoms with Crippen LogP contribution in [-0.4, -0.2) is 16.7 Å². The lowest BCUT2D eigenvalue weighted by Gasteiger charge is -2.28. The fourth-order valence-electron chi connectivity index (χ4n) is 2.67. The highest BCUT2D eigenvalue weighted by Gasteiger charge is 2.23. The second kappa shape index (κ2) is 8.26. The summed E-state index contributed by atoms with van der Waals surface area (Å²) < 4.78 is 0. The van der Waals surface area contributed by atoms with Gasteiger partial charge in [-0.2, -0.15) is 10.2 Å². The van der Waals surface area contributed by atoms with E-state index < -0.39 is 0 Å². The van der Waals surface area contributed by atoms with Crippen molar-refractivity contribution in [3.8, 4) is 0 Å². The molecule has 0 aliphatic heterocycles. The van der Waals surface area contributed by atoms with Gasteiger partial charge in [-0.15, -0.1) is 0 Å². The Labute approximate surface area is 118 Å². The molecule has 1 rings (SSSR count). The lowest BCUT2D eigenvalue weighted by atomic mass is 9.87. The molecule has 1 unspecified atom stereocenters. The van der Waals surface area contributed by atoms with Gasteiger partial charge in [-0.1, -0.05) is 40.5 Å². The predicted octanol–water partition coefficient (Wildman–Crippen LogP) is 3.82. The van der Waals surface area contributed by atoms with E-state index in [1.54, 1.807) is 0 Å². The minimum Gasteiger partial charge on any atom is -0.310 e. The van der Waals surface area contributed by atoms with Crippen LogP contribution in [0.15, 0.2) is 6.07 Å². The van der Waals surface area contributed by atoms with Crippen LogP contribution in [0, 0.1) is 12.8 Å². The molecule has 3 nitrogen and oxygen atoms in total. The van der Waals surface area contributed by atoms with Crippen molar-refractivity contribution < 1.29 is 0 Å². The summed E-state index contributed by atoms with van der Waals surface area (Å²) in [5, 5.41) is 12.3. The smallest absolute Gasteiger partial charge is 0.0676 e. The van der Waals surface area contributed by atoms with Crippen molar-refractivity contribution in [1.82, 2.24) is 15.5 Å².